The summed E-state index contributed by atoms with van der Waals surface area (Å²) in [7, 11) is 1.60. The van der Waals surface area contributed by atoms with Crippen molar-refractivity contribution >= 4 is 11.6 Å². The van der Waals surface area contributed by atoms with E-state index >= 15 is 0 Å². The molecule has 0 bridgehead atoms. The fourth-order valence-electron chi connectivity index (χ4n) is 2.93. The van der Waals surface area contributed by atoms with Gasteiger partial charge in [-0.3, -0.25) is 4.79 Å². The molecule has 0 spiro atoms. The van der Waals surface area contributed by atoms with E-state index in [1.54, 1.807) is 7.05 Å². The second-order valence-electron chi connectivity index (χ2n) is 5.94. The van der Waals surface area contributed by atoms with E-state index in [0.29, 0.717) is 30.6 Å². The molecule has 0 fully saturated rings. The maximum absolute atomic E-state index is 12.0. The van der Waals surface area contributed by atoms with Gasteiger partial charge in [-0.05, 0) is 24.3 Å². The first kappa shape index (κ1) is 16.1. The highest BCUT2D eigenvalue weighted by Crippen LogP contribution is 2.34. The number of anilines is 1. The van der Waals surface area contributed by atoms with Gasteiger partial charge in [-0.2, -0.15) is 0 Å². The number of carbonyl (C=O) groups is 1. The number of likely N-dealkylation sites (N-methyl/N-ethyl adjacent to an activating group) is 1. The summed E-state index contributed by atoms with van der Waals surface area (Å²) >= 11 is 0. The lowest BCUT2D eigenvalue weighted by Gasteiger charge is -2.34. The van der Waals surface area contributed by atoms with Crippen LogP contribution in [0.25, 0.3) is 11.5 Å². The lowest BCUT2D eigenvalue weighted by Crippen LogP contribution is -2.48. The third-order valence-electron chi connectivity index (χ3n) is 4.21. The quantitative estimate of drug-likeness (QED) is 0.777. The minimum atomic E-state index is -0.591. The molecule has 1 N–H and O–H groups in total. The van der Waals surface area contributed by atoms with E-state index < -0.39 is 6.10 Å². The van der Waals surface area contributed by atoms with Crippen molar-refractivity contribution in [1.82, 2.24) is 15.5 Å². The topological polar surface area (TPSA) is 80.5 Å². The molecule has 4 rings (SSSR count). The van der Waals surface area contributed by atoms with Crippen LogP contribution in [0.3, 0.4) is 0 Å². The van der Waals surface area contributed by atoms with Crippen LogP contribution in [0.4, 0.5) is 5.69 Å². The summed E-state index contributed by atoms with van der Waals surface area (Å²) in [4.78, 5) is 14.1. The highest BCUT2D eigenvalue weighted by atomic mass is 16.5. The zero-order valence-corrected chi connectivity index (χ0v) is 14.3. The third-order valence-corrected chi connectivity index (χ3v) is 4.21. The smallest absolute Gasteiger partial charge is 0.262 e. The number of rotatable bonds is 4. The number of carbonyl (C=O) groups excluding carboxylic acids is 1. The SMILES string of the molecule is CNC(=O)C1CN(Cc2nnc(-c3ccccc3)o2)c2ccccc2O1. The normalized spacial score (nSPS) is 15.9. The van der Waals surface area contributed by atoms with Crippen molar-refractivity contribution < 1.29 is 13.9 Å². The molecule has 7 nitrogen and oxygen atoms in total. The highest BCUT2D eigenvalue weighted by molar-refractivity contribution is 5.83. The Morgan fingerprint density at radius 3 is 2.73 bits per heavy atom. The number of aromatic nitrogens is 2. The monoisotopic (exact) mass is 350 g/mol. The number of hydrogen-bond donors (Lipinski definition) is 1. The number of benzene rings is 2. The molecule has 0 saturated carbocycles. The summed E-state index contributed by atoms with van der Waals surface area (Å²) in [6.07, 6.45) is -0.591. The van der Waals surface area contributed by atoms with Gasteiger partial charge in [0.25, 0.3) is 5.91 Å². The van der Waals surface area contributed by atoms with Crippen LogP contribution in [0.5, 0.6) is 5.75 Å². The lowest BCUT2D eigenvalue weighted by atomic mass is 10.2. The average molecular weight is 350 g/mol. The molecular weight excluding hydrogens is 332 g/mol. The Bertz CT molecular complexity index is 910. The molecule has 0 aliphatic carbocycles. The first-order valence-electron chi connectivity index (χ1n) is 8.34. The van der Waals surface area contributed by atoms with Crippen molar-refractivity contribution in [3.8, 4) is 17.2 Å². The predicted molar refractivity (Wildman–Crippen MR) is 95.7 cm³/mol. The maximum Gasteiger partial charge on any atom is 0.262 e. The number of fused-ring (bicyclic) bond motifs is 1. The molecule has 1 aromatic heterocycles. The predicted octanol–water partition coefficient (Wildman–Crippen LogP) is 2.25. The van der Waals surface area contributed by atoms with Gasteiger partial charge >= 0.3 is 0 Å². The van der Waals surface area contributed by atoms with Crippen LogP contribution in [-0.4, -0.2) is 35.8 Å². The summed E-state index contributed by atoms with van der Waals surface area (Å²) in [6, 6.07) is 17.2. The molecule has 2 aromatic carbocycles. The largest absolute Gasteiger partial charge is 0.477 e. The van der Waals surface area contributed by atoms with Crippen LogP contribution >= 0.6 is 0 Å². The Kier molecular flexibility index (Phi) is 4.27. The first-order chi connectivity index (χ1) is 12.7. The summed E-state index contributed by atoms with van der Waals surface area (Å²) in [5.74, 6) is 1.45. The minimum absolute atomic E-state index is 0.167. The van der Waals surface area contributed by atoms with Gasteiger partial charge in [-0.1, -0.05) is 30.3 Å². The number of nitrogens with zero attached hydrogens (tertiary/aromatic N) is 3. The van der Waals surface area contributed by atoms with E-state index in [9.17, 15) is 4.79 Å². The molecule has 3 aromatic rings. The van der Waals surface area contributed by atoms with Gasteiger partial charge in [0.2, 0.25) is 11.8 Å². The summed E-state index contributed by atoms with van der Waals surface area (Å²) < 4.78 is 11.6. The fraction of sp³-hybridized carbons (Fsp3) is 0.211. The van der Waals surface area contributed by atoms with Gasteiger partial charge in [0, 0.05) is 12.6 Å². The molecule has 1 amide bonds. The molecule has 1 unspecified atom stereocenters. The zero-order chi connectivity index (χ0) is 17.9. The van der Waals surface area contributed by atoms with Crippen molar-refractivity contribution in [2.24, 2.45) is 0 Å². The minimum Gasteiger partial charge on any atom is -0.477 e. The molecule has 0 saturated heterocycles. The highest BCUT2D eigenvalue weighted by Gasteiger charge is 2.31. The van der Waals surface area contributed by atoms with Crippen molar-refractivity contribution in [2.45, 2.75) is 12.6 Å². The second kappa shape index (κ2) is 6.87. The number of nitrogens with one attached hydrogen (secondary N) is 1. The molecule has 2 heterocycles. The van der Waals surface area contributed by atoms with Gasteiger partial charge in [-0.25, -0.2) is 0 Å². The molecular formula is C19H18N4O3. The average Bonchev–Trinajstić information content (AvgIpc) is 3.16. The Morgan fingerprint density at radius 2 is 1.92 bits per heavy atom. The summed E-state index contributed by atoms with van der Waals surface area (Å²) in [5, 5.41) is 10.9. The first-order valence-corrected chi connectivity index (χ1v) is 8.34. The van der Waals surface area contributed by atoms with Gasteiger partial charge in [0.15, 0.2) is 6.10 Å². The Labute approximate surface area is 150 Å². The Balaban J connectivity index is 1.59. The number of amides is 1. The van der Waals surface area contributed by atoms with E-state index in [1.807, 2.05) is 59.5 Å². The summed E-state index contributed by atoms with van der Waals surface area (Å²) in [6.45, 7) is 0.799. The van der Waals surface area contributed by atoms with E-state index in [-0.39, 0.29) is 5.91 Å². The zero-order valence-electron chi connectivity index (χ0n) is 14.3. The van der Waals surface area contributed by atoms with E-state index in [0.717, 1.165) is 11.3 Å². The number of ether oxygens (including phenoxy) is 1. The molecule has 132 valence electrons. The number of hydrogen-bond acceptors (Lipinski definition) is 6. The van der Waals surface area contributed by atoms with E-state index in [2.05, 4.69) is 15.5 Å². The molecule has 0 radical (unpaired) electrons. The van der Waals surface area contributed by atoms with Crippen LogP contribution in [-0.2, 0) is 11.3 Å². The van der Waals surface area contributed by atoms with Crippen LogP contribution < -0.4 is 15.0 Å². The van der Waals surface area contributed by atoms with E-state index in [4.69, 9.17) is 9.15 Å². The van der Waals surface area contributed by atoms with Crippen LogP contribution in [0.1, 0.15) is 5.89 Å². The lowest BCUT2D eigenvalue weighted by molar-refractivity contribution is -0.127. The fourth-order valence-corrected chi connectivity index (χ4v) is 2.93. The molecule has 26 heavy (non-hydrogen) atoms. The van der Waals surface area contributed by atoms with E-state index in [1.165, 1.54) is 0 Å². The van der Waals surface area contributed by atoms with Crippen LogP contribution in [0.15, 0.2) is 59.0 Å². The summed E-state index contributed by atoms with van der Waals surface area (Å²) in [5.41, 5.74) is 1.77. The Morgan fingerprint density at radius 1 is 1.15 bits per heavy atom. The van der Waals surface area contributed by atoms with Gasteiger partial charge in [0.05, 0.1) is 18.8 Å². The van der Waals surface area contributed by atoms with Gasteiger partial charge < -0.3 is 19.4 Å². The maximum atomic E-state index is 12.0. The number of para-hydroxylation sites is 2. The standard InChI is InChI=1S/C19H18N4O3/c1-20-18(24)16-11-23(14-9-5-6-10-15(14)25-16)12-17-21-22-19(26-17)13-7-3-2-4-8-13/h2-10,16H,11-12H2,1H3,(H,20,24). The van der Waals surface area contributed by atoms with Gasteiger partial charge in [-0.15, -0.1) is 10.2 Å². The van der Waals surface area contributed by atoms with Crippen molar-refractivity contribution in [2.75, 3.05) is 18.5 Å². The van der Waals surface area contributed by atoms with Crippen molar-refractivity contribution in [3.05, 3.63) is 60.5 Å². The second-order valence-corrected chi connectivity index (χ2v) is 5.94. The Hall–Kier alpha value is -3.35. The molecule has 1 aliphatic heterocycles. The van der Waals surface area contributed by atoms with Crippen LogP contribution in [0, 0.1) is 0 Å². The van der Waals surface area contributed by atoms with Gasteiger partial charge in [0.1, 0.15) is 5.75 Å². The van der Waals surface area contributed by atoms with Crippen LogP contribution in [0.2, 0.25) is 0 Å². The molecule has 7 heteroatoms. The molecule has 1 atom stereocenters. The van der Waals surface area contributed by atoms with Crippen molar-refractivity contribution in [1.29, 1.82) is 0 Å². The third kappa shape index (κ3) is 3.11. The molecule has 1 aliphatic rings. The van der Waals surface area contributed by atoms with Crippen molar-refractivity contribution in [3.63, 3.8) is 0 Å².